The summed E-state index contributed by atoms with van der Waals surface area (Å²) < 4.78 is 33.4. The van der Waals surface area contributed by atoms with E-state index in [-0.39, 0.29) is 47.3 Å². The average Bonchev–Trinajstić information content (AvgIpc) is 3.45. The van der Waals surface area contributed by atoms with Crippen LogP contribution in [0.3, 0.4) is 0 Å². The molecule has 2 fully saturated rings. The Kier molecular flexibility index (Phi) is 8.83. The molecule has 42 heavy (non-hydrogen) atoms. The first-order chi connectivity index (χ1) is 20.3. The van der Waals surface area contributed by atoms with Crippen LogP contribution in [0.15, 0.2) is 54.6 Å². The number of piperidine rings is 1. The Hall–Kier alpha value is -4.30. The number of hydrogen-bond acceptors (Lipinski definition) is 7. The minimum absolute atomic E-state index is 0.0111. The molecular formula is C30H29ClF2N6O3. The van der Waals surface area contributed by atoms with Crippen LogP contribution in [0.5, 0.6) is 5.75 Å². The van der Waals surface area contributed by atoms with Gasteiger partial charge in [0.25, 0.3) is 0 Å². The highest BCUT2D eigenvalue weighted by Gasteiger charge is 2.43. The molecule has 2 aromatic carbocycles. The van der Waals surface area contributed by atoms with Crippen molar-refractivity contribution < 1.29 is 23.1 Å². The first kappa shape index (κ1) is 29.2. The van der Waals surface area contributed by atoms with E-state index in [0.29, 0.717) is 43.9 Å². The van der Waals surface area contributed by atoms with Crippen LogP contribution < -0.4 is 9.64 Å². The smallest absolute Gasteiger partial charge is 0.410 e. The quantitative estimate of drug-likeness (QED) is 0.395. The van der Waals surface area contributed by atoms with Gasteiger partial charge in [-0.15, -0.1) is 10.2 Å². The van der Waals surface area contributed by atoms with Crippen LogP contribution in [0.4, 0.5) is 19.4 Å². The van der Waals surface area contributed by atoms with Gasteiger partial charge in [-0.3, -0.25) is 4.79 Å². The molecule has 12 heteroatoms. The average molecular weight is 595 g/mol. The molecule has 0 radical (unpaired) electrons. The van der Waals surface area contributed by atoms with Crippen molar-refractivity contribution in [1.82, 2.24) is 20.0 Å². The summed E-state index contributed by atoms with van der Waals surface area (Å²) in [5.41, 5.74) is 0.865. The van der Waals surface area contributed by atoms with Crippen LogP contribution >= 0.6 is 11.6 Å². The monoisotopic (exact) mass is 594 g/mol. The molecular weight excluding hydrogens is 566 g/mol. The number of amides is 2. The highest BCUT2D eigenvalue weighted by molar-refractivity contribution is 6.30. The Balaban J connectivity index is 1.32. The van der Waals surface area contributed by atoms with Crippen molar-refractivity contribution in [3.63, 3.8) is 0 Å². The number of halogens is 3. The maximum atomic E-state index is 14.5. The molecule has 0 N–H and O–H groups in total. The molecule has 2 amide bonds. The molecule has 9 nitrogen and oxygen atoms in total. The standard InChI is InChI=1S/C30H29ClF2N6O3/c1-2-39(30(41)42-23-7-4-21(32)5-8-23)27-18-38(17-24(27)20-3-9-25(31)26(33)15-20)29(40)19-11-13-37(14-12-19)28-10-6-22(16-34)35-36-28/h3-10,15,19,24,27H,2,11-14,17-18H2,1H3/t24-,27+/m0/s1. The van der Waals surface area contributed by atoms with Gasteiger partial charge >= 0.3 is 6.09 Å². The molecule has 2 atom stereocenters. The first-order valence-electron chi connectivity index (χ1n) is 13.7. The summed E-state index contributed by atoms with van der Waals surface area (Å²) in [4.78, 5) is 32.3. The second kappa shape index (κ2) is 12.7. The third-order valence-electron chi connectivity index (χ3n) is 7.90. The van der Waals surface area contributed by atoms with E-state index in [9.17, 15) is 18.4 Å². The van der Waals surface area contributed by atoms with Crippen molar-refractivity contribution in [2.75, 3.05) is 37.6 Å². The summed E-state index contributed by atoms with van der Waals surface area (Å²) in [6.45, 7) is 3.84. The number of rotatable bonds is 6. The molecule has 0 bridgehead atoms. The van der Waals surface area contributed by atoms with Crippen LogP contribution in [0.25, 0.3) is 0 Å². The number of anilines is 1. The van der Waals surface area contributed by atoms with Crippen LogP contribution in [0, 0.1) is 28.9 Å². The lowest BCUT2D eigenvalue weighted by Gasteiger charge is -2.34. The van der Waals surface area contributed by atoms with E-state index >= 15 is 0 Å². The fourth-order valence-electron chi connectivity index (χ4n) is 5.68. The maximum absolute atomic E-state index is 14.5. The normalized spacial score (nSPS) is 18.9. The number of ether oxygens (including phenoxy) is 1. The minimum Gasteiger partial charge on any atom is -0.410 e. The summed E-state index contributed by atoms with van der Waals surface area (Å²) in [5.74, 6) is -0.806. The van der Waals surface area contributed by atoms with Gasteiger partial charge in [0.2, 0.25) is 5.91 Å². The van der Waals surface area contributed by atoms with E-state index in [2.05, 4.69) is 10.2 Å². The van der Waals surface area contributed by atoms with Crippen molar-refractivity contribution in [3.05, 3.63) is 82.5 Å². The van der Waals surface area contributed by atoms with Crippen LogP contribution in [0.2, 0.25) is 5.02 Å². The Bertz CT molecular complexity index is 1480. The van der Waals surface area contributed by atoms with Crippen molar-refractivity contribution in [3.8, 4) is 11.8 Å². The predicted molar refractivity (Wildman–Crippen MR) is 151 cm³/mol. The SMILES string of the molecule is CCN(C(=O)Oc1ccc(F)cc1)[C@@H]1CN(C(=O)C2CCN(c3ccc(C#N)nn3)CC2)C[C@H]1c1ccc(Cl)c(F)c1. The van der Waals surface area contributed by atoms with Gasteiger partial charge in [-0.2, -0.15) is 5.26 Å². The number of likely N-dealkylation sites (tertiary alicyclic amines) is 1. The van der Waals surface area contributed by atoms with E-state index in [4.69, 9.17) is 21.6 Å². The maximum Gasteiger partial charge on any atom is 0.415 e. The molecule has 1 aromatic heterocycles. The van der Waals surface area contributed by atoms with Crippen molar-refractivity contribution in [2.24, 2.45) is 5.92 Å². The minimum atomic E-state index is -0.639. The number of benzene rings is 2. The third kappa shape index (κ3) is 6.29. The Morgan fingerprint density at radius 3 is 2.43 bits per heavy atom. The molecule has 2 aliphatic rings. The fraction of sp³-hybridized carbons (Fsp3) is 0.367. The van der Waals surface area contributed by atoms with E-state index in [0.717, 1.165) is 0 Å². The van der Waals surface area contributed by atoms with Crippen LogP contribution in [-0.2, 0) is 4.79 Å². The van der Waals surface area contributed by atoms with Crippen molar-refractivity contribution >= 4 is 29.4 Å². The first-order valence-corrected chi connectivity index (χ1v) is 14.1. The van der Waals surface area contributed by atoms with Gasteiger partial charge in [0.05, 0.1) is 11.1 Å². The molecule has 2 aliphatic heterocycles. The largest absolute Gasteiger partial charge is 0.415 e. The van der Waals surface area contributed by atoms with Crippen molar-refractivity contribution in [1.29, 1.82) is 5.26 Å². The summed E-state index contributed by atoms with van der Waals surface area (Å²) in [6, 6.07) is 14.5. The summed E-state index contributed by atoms with van der Waals surface area (Å²) in [7, 11) is 0. The fourth-order valence-corrected chi connectivity index (χ4v) is 5.80. The number of hydrogen-bond donors (Lipinski definition) is 0. The van der Waals surface area contributed by atoms with E-state index in [1.54, 1.807) is 30.0 Å². The molecule has 0 unspecified atom stereocenters. The lowest BCUT2D eigenvalue weighted by Crippen LogP contribution is -2.47. The van der Waals surface area contributed by atoms with Gasteiger partial charge < -0.3 is 19.4 Å². The Labute approximate surface area is 247 Å². The number of aromatic nitrogens is 2. The van der Waals surface area contributed by atoms with Gasteiger partial charge in [-0.25, -0.2) is 13.6 Å². The van der Waals surface area contributed by atoms with E-state index < -0.39 is 23.8 Å². The van der Waals surface area contributed by atoms with E-state index in [1.807, 2.05) is 11.0 Å². The lowest BCUT2D eigenvalue weighted by molar-refractivity contribution is -0.135. The number of carbonyl (C=O) groups excluding carboxylic acids is 2. The molecule has 0 saturated carbocycles. The second-order valence-corrected chi connectivity index (χ2v) is 10.8. The third-order valence-corrected chi connectivity index (χ3v) is 8.21. The number of carbonyl (C=O) groups is 2. The number of likely N-dealkylation sites (N-methyl/N-ethyl adjacent to an activating group) is 1. The second-order valence-electron chi connectivity index (χ2n) is 10.3. The molecule has 218 valence electrons. The van der Waals surface area contributed by atoms with Gasteiger partial charge in [0, 0.05) is 44.6 Å². The molecule has 3 aromatic rings. The summed E-state index contributed by atoms with van der Waals surface area (Å²) >= 11 is 5.94. The zero-order chi connectivity index (χ0) is 29.8. The van der Waals surface area contributed by atoms with Crippen LogP contribution in [-0.4, -0.2) is 70.8 Å². The summed E-state index contributed by atoms with van der Waals surface area (Å²) in [5, 5.41) is 17.0. The van der Waals surface area contributed by atoms with E-state index in [1.165, 1.54) is 41.3 Å². The topological polar surface area (TPSA) is 103 Å². The van der Waals surface area contributed by atoms with Crippen LogP contribution in [0.1, 0.15) is 36.9 Å². The van der Waals surface area contributed by atoms with Gasteiger partial charge in [0.1, 0.15) is 23.5 Å². The predicted octanol–water partition coefficient (Wildman–Crippen LogP) is 5.01. The zero-order valence-corrected chi connectivity index (χ0v) is 23.7. The zero-order valence-electron chi connectivity index (χ0n) is 22.9. The molecule has 5 rings (SSSR count). The number of nitriles is 1. The van der Waals surface area contributed by atoms with Gasteiger partial charge in [0.15, 0.2) is 11.5 Å². The summed E-state index contributed by atoms with van der Waals surface area (Å²) in [6.07, 6.45) is 0.567. The number of nitrogens with zero attached hydrogens (tertiary/aromatic N) is 6. The van der Waals surface area contributed by atoms with Gasteiger partial charge in [-0.1, -0.05) is 17.7 Å². The molecule has 2 saturated heterocycles. The Morgan fingerprint density at radius 2 is 1.81 bits per heavy atom. The molecule has 0 spiro atoms. The Morgan fingerprint density at radius 1 is 1.07 bits per heavy atom. The molecule has 0 aliphatic carbocycles. The molecule has 3 heterocycles. The highest BCUT2D eigenvalue weighted by atomic mass is 35.5. The lowest BCUT2D eigenvalue weighted by atomic mass is 9.93. The highest BCUT2D eigenvalue weighted by Crippen LogP contribution is 2.35. The van der Waals surface area contributed by atoms with Crippen molar-refractivity contribution in [2.45, 2.75) is 31.7 Å². The van der Waals surface area contributed by atoms with Gasteiger partial charge in [-0.05, 0) is 73.9 Å².